The molecule has 0 atom stereocenters. The second kappa shape index (κ2) is 6.20. The Kier molecular flexibility index (Phi) is 3.88. The van der Waals surface area contributed by atoms with Crippen LogP contribution in [-0.2, 0) is 0 Å². The summed E-state index contributed by atoms with van der Waals surface area (Å²) >= 11 is 0. The summed E-state index contributed by atoms with van der Waals surface area (Å²) < 4.78 is 3.37. The molecule has 1 amide bonds. The zero-order valence-electron chi connectivity index (χ0n) is 13.8. The highest BCUT2D eigenvalue weighted by atomic mass is 16.2. The van der Waals surface area contributed by atoms with E-state index in [4.69, 9.17) is 5.73 Å². The van der Waals surface area contributed by atoms with Crippen LogP contribution in [-0.4, -0.2) is 46.5 Å². The third kappa shape index (κ3) is 3.07. The molecule has 10 nitrogen and oxygen atoms in total. The topological polar surface area (TPSA) is 129 Å². The van der Waals surface area contributed by atoms with Gasteiger partial charge in [0.2, 0.25) is 5.95 Å². The maximum Gasteiger partial charge on any atom is 0.280 e. The number of carbonyl (C=O) groups is 1. The monoisotopic (exact) mass is 341 g/mol. The molecule has 3 aromatic rings. The second-order valence-electron chi connectivity index (χ2n) is 6.37. The van der Waals surface area contributed by atoms with Crippen LogP contribution in [0.4, 0.5) is 5.95 Å². The number of anilines is 1. The third-order valence-corrected chi connectivity index (χ3v) is 4.50. The van der Waals surface area contributed by atoms with Crippen molar-refractivity contribution >= 4 is 17.6 Å². The molecule has 3 aromatic heterocycles. The number of aryl methyl sites for hydroxylation is 1. The molecule has 0 unspecified atom stereocenters. The van der Waals surface area contributed by atoms with Crippen LogP contribution in [0.25, 0.3) is 5.78 Å². The average molecular weight is 341 g/mol. The predicted octanol–water partition coefficient (Wildman–Crippen LogP) is 0.719. The van der Waals surface area contributed by atoms with Crippen LogP contribution in [0.1, 0.15) is 47.9 Å². The van der Waals surface area contributed by atoms with Crippen LogP contribution >= 0.6 is 0 Å². The van der Waals surface area contributed by atoms with Gasteiger partial charge in [-0.05, 0) is 38.7 Å². The van der Waals surface area contributed by atoms with Crippen LogP contribution in [0.15, 0.2) is 18.5 Å². The van der Waals surface area contributed by atoms with Crippen LogP contribution in [0.2, 0.25) is 0 Å². The highest BCUT2D eigenvalue weighted by molar-refractivity contribution is 6.01. The first-order valence-corrected chi connectivity index (χ1v) is 8.27. The summed E-state index contributed by atoms with van der Waals surface area (Å²) in [5.74, 6) is 0.344. The molecular formula is C15H19N9O. The van der Waals surface area contributed by atoms with Crippen LogP contribution in [0, 0.1) is 6.92 Å². The summed E-state index contributed by atoms with van der Waals surface area (Å²) in [5, 5.41) is 18.7. The Morgan fingerprint density at radius 3 is 2.84 bits per heavy atom. The Balaban J connectivity index is 1.49. The first-order chi connectivity index (χ1) is 12.1. The number of hydrogen-bond donors (Lipinski definition) is 2. The lowest BCUT2D eigenvalue weighted by Gasteiger charge is -2.25. The summed E-state index contributed by atoms with van der Waals surface area (Å²) in [6, 6.07) is 2.33. The van der Waals surface area contributed by atoms with Crippen molar-refractivity contribution in [2.24, 2.45) is 5.73 Å². The van der Waals surface area contributed by atoms with Gasteiger partial charge in [0.1, 0.15) is 0 Å². The molecule has 1 fully saturated rings. The molecule has 1 aliphatic carbocycles. The first kappa shape index (κ1) is 15.6. The van der Waals surface area contributed by atoms with Gasteiger partial charge in [-0.2, -0.15) is 0 Å². The zero-order chi connectivity index (χ0) is 17.4. The largest absolute Gasteiger partial charge is 0.328 e. The molecule has 1 saturated carbocycles. The van der Waals surface area contributed by atoms with Gasteiger partial charge in [-0.15, -0.1) is 15.3 Å². The van der Waals surface area contributed by atoms with E-state index in [1.807, 2.05) is 13.0 Å². The van der Waals surface area contributed by atoms with Crippen molar-refractivity contribution < 1.29 is 4.79 Å². The van der Waals surface area contributed by atoms with E-state index in [-0.39, 0.29) is 23.7 Å². The van der Waals surface area contributed by atoms with Crippen molar-refractivity contribution in [1.82, 2.24) is 34.6 Å². The standard InChI is InChI=1S/C15H19N9O/c1-9-6-7-23-14(17-9)20-21-15(23)18-13(25)12-8-24(22-19-12)11-4-2-10(16)3-5-11/h6-8,10-11H,2-5,16H2,1H3,(H,18,21,25). The summed E-state index contributed by atoms with van der Waals surface area (Å²) in [6.45, 7) is 1.86. The van der Waals surface area contributed by atoms with Gasteiger partial charge >= 0.3 is 0 Å². The number of nitrogens with zero attached hydrogens (tertiary/aromatic N) is 7. The molecule has 1 aliphatic rings. The molecule has 130 valence electrons. The molecule has 4 rings (SSSR count). The molecule has 3 N–H and O–H groups in total. The number of amides is 1. The minimum Gasteiger partial charge on any atom is -0.328 e. The van der Waals surface area contributed by atoms with E-state index < -0.39 is 0 Å². The fourth-order valence-corrected chi connectivity index (χ4v) is 3.05. The molecule has 0 spiro atoms. The van der Waals surface area contributed by atoms with Crippen molar-refractivity contribution in [3.05, 3.63) is 29.8 Å². The summed E-state index contributed by atoms with van der Waals surface area (Å²) in [7, 11) is 0. The number of aromatic nitrogens is 7. The van der Waals surface area contributed by atoms with Crippen molar-refractivity contribution in [1.29, 1.82) is 0 Å². The fourth-order valence-electron chi connectivity index (χ4n) is 3.05. The van der Waals surface area contributed by atoms with Crippen LogP contribution in [0.5, 0.6) is 0 Å². The van der Waals surface area contributed by atoms with Crippen LogP contribution < -0.4 is 11.1 Å². The van der Waals surface area contributed by atoms with E-state index in [9.17, 15) is 4.79 Å². The molecule has 0 bridgehead atoms. The molecule has 25 heavy (non-hydrogen) atoms. The van der Waals surface area contributed by atoms with Crippen molar-refractivity contribution in [2.75, 3.05) is 5.32 Å². The lowest BCUT2D eigenvalue weighted by atomic mass is 9.92. The third-order valence-electron chi connectivity index (χ3n) is 4.50. The van der Waals surface area contributed by atoms with Gasteiger partial charge < -0.3 is 5.73 Å². The fraction of sp³-hybridized carbons (Fsp3) is 0.467. The van der Waals surface area contributed by atoms with Crippen molar-refractivity contribution in [3.63, 3.8) is 0 Å². The van der Waals surface area contributed by atoms with Gasteiger partial charge in [-0.3, -0.25) is 14.5 Å². The van der Waals surface area contributed by atoms with Crippen molar-refractivity contribution in [3.8, 4) is 0 Å². The molecule has 0 radical (unpaired) electrons. The quantitative estimate of drug-likeness (QED) is 0.718. The Hall–Kier alpha value is -2.88. The molecule has 10 heteroatoms. The Morgan fingerprint density at radius 2 is 2.04 bits per heavy atom. The van der Waals surface area contributed by atoms with E-state index >= 15 is 0 Å². The predicted molar refractivity (Wildman–Crippen MR) is 89.0 cm³/mol. The highest BCUT2D eigenvalue weighted by Gasteiger charge is 2.22. The maximum atomic E-state index is 12.4. The molecule has 3 heterocycles. The molecule has 0 aliphatic heterocycles. The van der Waals surface area contributed by atoms with Gasteiger partial charge in [-0.25, -0.2) is 9.67 Å². The summed E-state index contributed by atoms with van der Waals surface area (Å²) in [5.41, 5.74) is 7.00. The number of carbonyl (C=O) groups excluding carboxylic acids is 1. The lowest BCUT2D eigenvalue weighted by Crippen LogP contribution is -2.28. The molecule has 0 saturated heterocycles. The first-order valence-electron chi connectivity index (χ1n) is 8.27. The smallest absolute Gasteiger partial charge is 0.280 e. The number of hydrogen-bond acceptors (Lipinski definition) is 7. The Morgan fingerprint density at radius 1 is 1.24 bits per heavy atom. The zero-order valence-corrected chi connectivity index (χ0v) is 13.8. The Labute approximate surface area is 143 Å². The van der Waals surface area contributed by atoms with E-state index in [1.165, 1.54) is 0 Å². The van der Waals surface area contributed by atoms with Gasteiger partial charge in [0.05, 0.1) is 12.2 Å². The maximum absolute atomic E-state index is 12.4. The summed E-state index contributed by atoms with van der Waals surface area (Å²) in [4.78, 5) is 16.7. The number of nitrogens with two attached hydrogens (primary N) is 1. The molecule has 0 aromatic carbocycles. The van der Waals surface area contributed by atoms with E-state index in [0.717, 1.165) is 31.4 Å². The minimum absolute atomic E-state index is 0.242. The highest BCUT2D eigenvalue weighted by Crippen LogP contribution is 2.26. The number of rotatable bonds is 3. The van der Waals surface area contributed by atoms with E-state index in [1.54, 1.807) is 21.5 Å². The van der Waals surface area contributed by atoms with E-state index in [2.05, 4.69) is 30.8 Å². The minimum atomic E-state index is -0.381. The SMILES string of the molecule is Cc1ccn2c(NC(=O)c3cn(C4CCC(N)CC4)nn3)nnc2n1. The van der Waals surface area contributed by atoms with Gasteiger partial charge in [-0.1, -0.05) is 5.21 Å². The average Bonchev–Trinajstić information content (AvgIpc) is 3.23. The normalized spacial score (nSPS) is 20.7. The Bertz CT molecular complexity index is 907. The van der Waals surface area contributed by atoms with Crippen molar-refractivity contribution in [2.45, 2.75) is 44.7 Å². The number of fused-ring (bicyclic) bond motifs is 1. The number of nitrogens with one attached hydrogen (secondary N) is 1. The van der Waals surface area contributed by atoms with Gasteiger partial charge in [0.15, 0.2) is 5.69 Å². The second-order valence-corrected chi connectivity index (χ2v) is 6.37. The summed E-state index contributed by atoms with van der Waals surface area (Å²) in [6.07, 6.45) is 7.25. The van der Waals surface area contributed by atoms with Gasteiger partial charge in [0.25, 0.3) is 11.7 Å². The molecular weight excluding hydrogens is 322 g/mol. The lowest BCUT2D eigenvalue weighted by molar-refractivity contribution is 0.102. The van der Waals surface area contributed by atoms with Crippen LogP contribution in [0.3, 0.4) is 0 Å². The van der Waals surface area contributed by atoms with Gasteiger partial charge in [0, 0.05) is 17.9 Å². The van der Waals surface area contributed by atoms with E-state index in [0.29, 0.717) is 11.7 Å².